The van der Waals surface area contributed by atoms with Crippen LogP contribution in [0.25, 0.3) is 0 Å². The standard InChI is InChI=1S/C42H51Br3O12S3/c1-46-22-52-34-10-31(11-35(40(34)43)53-23-47-2)19-58-16-28-7-29(17-59-20-32-12-36(54-24-48-3)41(44)37(13-32)55-25-49-4)9-30(8-28)18-60-21-33-14-38(56-26-50-5)42(45)39(15-33)57-27-51-6/h7-15H,16-27H2,1-6H3. The van der Waals surface area contributed by atoms with Crippen LogP contribution in [-0.4, -0.2) is 83.4 Å². The predicted octanol–water partition coefficient (Wildman–Crippen LogP) is 11.2. The third-order valence-corrected chi connectivity index (χ3v) is 13.5. The zero-order chi connectivity index (χ0) is 43.1. The van der Waals surface area contributed by atoms with E-state index in [0.29, 0.717) is 47.9 Å². The Balaban J connectivity index is 1.54. The summed E-state index contributed by atoms with van der Waals surface area (Å²) < 4.78 is 68.0. The van der Waals surface area contributed by atoms with Crippen molar-refractivity contribution < 1.29 is 56.8 Å². The lowest BCUT2D eigenvalue weighted by molar-refractivity contribution is 0.0445. The molecule has 0 spiro atoms. The molecule has 330 valence electrons. The lowest BCUT2D eigenvalue weighted by Crippen LogP contribution is -2.04. The molecular weight excluding hydrogens is 1030 g/mol. The van der Waals surface area contributed by atoms with Crippen molar-refractivity contribution in [2.75, 3.05) is 83.4 Å². The number of hydrogen-bond acceptors (Lipinski definition) is 15. The molecule has 18 heteroatoms. The largest absolute Gasteiger partial charge is 0.466 e. The highest BCUT2D eigenvalue weighted by Gasteiger charge is 2.16. The fraction of sp³-hybridized carbons (Fsp3) is 0.429. The summed E-state index contributed by atoms with van der Waals surface area (Å²) in [6, 6.07) is 18.9. The molecule has 0 amide bonds. The highest BCUT2D eigenvalue weighted by atomic mass is 79.9. The molecule has 0 saturated heterocycles. The molecule has 0 fully saturated rings. The van der Waals surface area contributed by atoms with E-state index in [1.807, 2.05) is 71.7 Å². The Morgan fingerprint density at radius 2 is 0.467 bits per heavy atom. The minimum Gasteiger partial charge on any atom is -0.466 e. The van der Waals surface area contributed by atoms with E-state index in [4.69, 9.17) is 56.8 Å². The highest BCUT2D eigenvalue weighted by molar-refractivity contribution is 9.11. The Bertz CT molecular complexity index is 1600. The summed E-state index contributed by atoms with van der Waals surface area (Å²) in [5.41, 5.74) is 6.87. The van der Waals surface area contributed by atoms with Crippen molar-refractivity contribution in [3.63, 3.8) is 0 Å². The molecule has 0 atom stereocenters. The number of benzene rings is 4. The molecule has 0 aromatic heterocycles. The number of thioether (sulfide) groups is 3. The normalized spacial score (nSPS) is 11.2. The number of ether oxygens (including phenoxy) is 12. The van der Waals surface area contributed by atoms with Gasteiger partial charge in [0.2, 0.25) is 0 Å². The van der Waals surface area contributed by atoms with Crippen LogP contribution < -0.4 is 28.4 Å². The smallest absolute Gasteiger partial charge is 0.188 e. The van der Waals surface area contributed by atoms with Gasteiger partial charge in [0, 0.05) is 77.2 Å². The molecule has 4 aromatic carbocycles. The molecule has 4 rings (SSSR count). The monoisotopic (exact) mass is 1080 g/mol. The van der Waals surface area contributed by atoms with Crippen molar-refractivity contribution in [1.29, 1.82) is 0 Å². The van der Waals surface area contributed by atoms with E-state index in [0.717, 1.165) is 51.2 Å². The van der Waals surface area contributed by atoms with Gasteiger partial charge in [0.05, 0.1) is 0 Å². The number of halogens is 3. The molecule has 4 aromatic rings. The predicted molar refractivity (Wildman–Crippen MR) is 249 cm³/mol. The summed E-state index contributed by atoms with van der Waals surface area (Å²) >= 11 is 16.3. The van der Waals surface area contributed by atoms with Crippen LogP contribution in [0.15, 0.2) is 68.0 Å². The summed E-state index contributed by atoms with van der Waals surface area (Å²) in [6.07, 6.45) is 0. The fourth-order valence-corrected chi connectivity index (χ4v) is 9.54. The minimum atomic E-state index is 0.116. The van der Waals surface area contributed by atoms with Crippen LogP contribution in [0.1, 0.15) is 33.4 Å². The zero-order valence-electron chi connectivity index (χ0n) is 34.4. The van der Waals surface area contributed by atoms with Crippen LogP contribution in [-0.2, 0) is 62.9 Å². The van der Waals surface area contributed by atoms with Gasteiger partial charge in [-0.25, -0.2) is 0 Å². The van der Waals surface area contributed by atoms with Crippen molar-refractivity contribution >= 4 is 83.1 Å². The van der Waals surface area contributed by atoms with E-state index in [1.54, 1.807) is 42.7 Å². The Morgan fingerprint density at radius 3 is 0.633 bits per heavy atom. The van der Waals surface area contributed by atoms with Gasteiger partial charge in [-0.3, -0.25) is 0 Å². The van der Waals surface area contributed by atoms with Gasteiger partial charge in [0.25, 0.3) is 0 Å². The summed E-state index contributed by atoms with van der Waals surface area (Å²) in [4.78, 5) is 0. The fourth-order valence-electron chi connectivity index (χ4n) is 5.44. The van der Waals surface area contributed by atoms with Crippen LogP contribution in [0.3, 0.4) is 0 Å². The van der Waals surface area contributed by atoms with E-state index in [-0.39, 0.29) is 40.8 Å². The third kappa shape index (κ3) is 16.9. The maximum atomic E-state index is 5.83. The average Bonchev–Trinajstić information content (AvgIpc) is 3.24. The molecule has 0 N–H and O–H groups in total. The van der Waals surface area contributed by atoms with Crippen LogP contribution in [0, 0.1) is 0 Å². The highest BCUT2D eigenvalue weighted by Crippen LogP contribution is 2.40. The minimum absolute atomic E-state index is 0.116. The number of rotatable bonds is 30. The van der Waals surface area contributed by atoms with Gasteiger partial charge in [-0.15, -0.1) is 0 Å². The second-order valence-corrected chi connectivity index (χ2v) is 18.0. The molecule has 0 unspecified atom stereocenters. The van der Waals surface area contributed by atoms with E-state index >= 15 is 0 Å². The second kappa shape index (κ2) is 28.6. The summed E-state index contributed by atoms with van der Waals surface area (Å²) in [5.74, 6) is 8.44. The molecule has 0 radical (unpaired) electrons. The first-order valence-electron chi connectivity index (χ1n) is 18.3. The van der Waals surface area contributed by atoms with Gasteiger partial charge in [0.1, 0.15) is 47.9 Å². The molecule has 0 heterocycles. The van der Waals surface area contributed by atoms with Crippen LogP contribution in [0.4, 0.5) is 0 Å². The third-order valence-electron chi connectivity index (χ3n) is 7.92. The van der Waals surface area contributed by atoms with Crippen LogP contribution in [0.5, 0.6) is 34.5 Å². The SMILES string of the molecule is COCOc1cc(CSCc2cc(CSCc3cc(OCOC)c(Br)c(OCOC)c3)cc(CSCc3cc(OCOC)c(Br)c(OCOC)c3)c2)cc(OCOC)c1Br. The van der Waals surface area contributed by atoms with Gasteiger partial charge in [-0.1, -0.05) is 18.2 Å². The van der Waals surface area contributed by atoms with Gasteiger partial charge in [-0.2, -0.15) is 35.3 Å². The van der Waals surface area contributed by atoms with Crippen LogP contribution >= 0.6 is 83.1 Å². The lowest BCUT2D eigenvalue weighted by atomic mass is 10.1. The summed E-state index contributed by atoms with van der Waals surface area (Å²) in [7, 11) is 9.53. The maximum absolute atomic E-state index is 5.83. The van der Waals surface area contributed by atoms with Gasteiger partial charge in [0.15, 0.2) is 40.8 Å². The Morgan fingerprint density at radius 1 is 0.300 bits per heavy atom. The summed E-state index contributed by atoms with van der Waals surface area (Å²) in [6.45, 7) is 0.697. The molecule has 0 aliphatic rings. The second-order valence-electron chi connectivity index (χ2n) is 12.7. The van der Waals surface area contributed by atoms with Crippen LogP contribution in [0.2, 0.25) is 0 Å². The molecule has 60 heavy (non-hydrogen) atoms. The lowest BCUT2D eigenvalue weighted by Gasteiger charge is -2.15. The average molecular weight is 1080 g/mol. The quantitative estimate of drug-likeness (QED) is 0.0462. The maximum Gasteiger partial charge on any atom is 0.188 e. The topological polar surface area (TPSA) is 111 Å². The Labute approximate surface area is 391 Å². The first-order valence-corrected chi connectivity index (χ1v) is 24.1. The van der Waals surface area contributed by atoms with Crippen molar-refractivity contribution in [1.82, 2.24) is 0 Å². The molecular formula is C42H51Br3O12S3. The first-order chi connectivity index (χ1) is 29.2. The van der Waals surface area contributed by atoms with Crippen molar-refractivity contribution in [2.45, 2.75) is 34.5 Å². The Kier molecular flexibility index (Phi) is 24.1. The van der Waals surface area contributed by atoms with Gasteiger partial charge >= 0.3 is 0 Å². The molecule has 0 saturated carbocycles. The Hall–Kier alpha value is -2.07. The van der Waals surface area contributed by atoms with Gasteiger partial charge < -0.3 is 56.8 Å². The van der Waals surface area contributed by atoms with Crippen molar-refractivity contribution in [3.8, 4) is 34.5 Å². The van der Waals surface area contributed by atoms with Crippen molar-refractivity contribution in [3.05, 3.63) is 101 Å². The van der Waals surface area contributed by atoms with E-state index in [2.05, 4.69) is 66.0 Å². The van der Waals surface area contributed by atoms with E-state index in [1.165, 1.54) is 16.7 Å². The van der Waals surface area contributed by atoms with Crippen molar-refractivity contribution in [2.24, 2.45) is 0 Å². The number of methoxy groups -OCH3 is 6. The number of hydrogen-bond donors (Lipinski definition) is 0. The molecule has 0 aliphatic heterocycles. The molecule has 12 nitrogen and oxygen atoms in total. The van der Waals surface area contributed by atoms with E-state index in [9.17, 15) is 0 Å². The summed E-state index contributed by atoms with van der Waals surface area (Å²) in [5, 5.41) is 0. The first kappa shape index (κ1) is 50.6. The van der Waals surface area contributed by atoms with E-state index < -0.39 is 0 Å². The molecule has 0 aliphatic carbocycles. The van der Waals surface area contributed by atoms with Gasteiger partial charge in [-0.05, 0) is 118 Å². The molecule has 0 bridgehead atoms. The zero-order valence-corrected chi connectivity index (χ0v) is 41.6.